The molecule has 9 nitrogen and oxygen atoms in total. The number of fused-ring (bicyclic) bond motifs is 1. The normalized spacial score (nSPS) is 13.5. The van der Waals surface area contributed by atoms with Crippen LogP contribution in [0.2, 0.25) is 0 Å². The number of hydrazine groups is 2. The van der Waals surface area contributed by atoms with Crippen LogP contribution in [0.15, 0.2) is 47.6 Å². The third kappa shape index (κ3) is 3.46. The van der Waals surface area contributed by atoms with E-state index in [2.05, 4.69) is 10.4 Å². The third-order valence-corrected chi connectivity index (χ3v) is 4.15. The summed E-state index contributed by atoms with van der Waals surface area (Å²) in [5.74, 6) is 14.0. The van der Waals surface area contributed by atoms with Gasteiger partial charge in [0, 0.05) is 36.5 Å². The van der Waals surface area contributed by atoms with Crippen LogP contribution in [0.5, 0.6) is 17.2 Å². The number of ether oxygens (including phenoxy) is 3. The van der Waals surface area contributed by atoms with Crippen molar-refractivity contribution in [3.8, 4) is 17.2 Å². The van der Waals surface area contributed by atoms with Gasteiger partial charge in [0.05, 0.1) is 18.5 Å². The molecule has 0 unspecified atom stereocenters. The van der Waals surface area contributed by atoms with Gasteiger partial charge in [-0.25, -0.2) is 11.7 Å². The minimum atomic E-state index is 0.136. The van der Waals surface area contributed by atoms with E-state index in [1.807, 2.05) is 24.3 Å². The smallest absolute Gasteiger partial charge is 0.231 e. The summed E-state index contributed by atoms with van der Waals surface area (Å²) < 4.78 is 16.2. The molecule has 27 heavy (non-hydrogen) atoms. The van der Waals surface area contributed by atoms with E-state index < -0.39 is 0 Å². The Morgan fingerprint density at radius 3 is 2.52 bits per heavy atom. The van der Waals surface area contributed by atoms with Crippen LogP contribution in [0.25, 0.3) is 5.70 Å². The number of anilines is 1. The van der Waals surface area contributed by atoms with Crippen molar-refractivity contribution in [2.24, 2.45) is 22.4 Å². The molecule has 0 aliphatic carbocycles. The number of nitrogens with one attached hydrogen (secondary N) is 1. The van der Waals surface area contributed by atoms with E-state index in [0.29, 0.717) is 34.5 Å². The predicted molar refractivity (Wildman–Crippen MR) is 104 cm³/mol. The summed E-state index contributed by atoms with van der Waals surface area (Å²) >= 11 is 0. The lowest BCUT2D eigenvalue weighted by Gasteiger charge is -2.23. The van der Waals surface area contributed by atoms with Crippen LogP contribution in [-0.4, -0.2) is 26.8 Å². The summed E-state index contributed by atoms with van der Waals surface area (Å²) in [6, 6.07) is 11.0. The number of nitrogens with two attached hydrogens (primary N) is 3. The predicted octanol–water partition coefficient (Wildman–Crippen LogP) is 0.901. The molecule has 2 aromatic carbocycles. The molecule has 0 radical (unpaired) electrons. The average Bonchev–Trinajstić information content (AvgIpc) is 3.18. The summed E-state index contributed by atoms with van der Waals surface area (Å²) in [6.45, 7) is 0.136. The number of amidine groups is 1. The molecule has 3 rings (SSSR count). The number of rotatable bonds is 5. The SMILES string of the molecule is CN=C(NN)c1ccc(/C(=C/N)N(N)c2cc(OC)c3c(c2)OCO3)cc1. The Balaban J connectivity index is 1.92. The van der Waals surface area contributed by atoms with Gasteiger partial charge < -0.3 is 25.4 Å². The van der Waals surface area contributed by atoms with Crippen molar-refractivity contribution in [1.29, 1.82) is 0 Å². The second kappa shape index (κ2) is 7.85. The van der Waals surface area contributed by atoms with Crippen molar-refractivity contribution < 1.29 is 14.2 Å². The molecule has 0 amide bonds. The van der Waals surface area contributed by atoms with Crippen LogP contribution in [0.3, 0.4) is 0 Å². The highest BCUT2D eigenvalue weighted by Crippen LogP contribution is 2.44. The molecule has 9 heteroatoms. The number of hydrogen-bond donors (Lipinski definition) is 4. The highest BCUT2D eigenvalue weighted by atomic mass is 16.7. The molecule has 1 aliphatic heterocycles. The lowest BCUT2D eigenvalue weighted by Crippen LogP contribution is -2.31. The number of aliphatic imine (C=N–C) groups is 1. The Labute approximate surface area is 156 Å². The molecule has 1 aliphatic rings. The van der Waals surface area contributed by atoms with Gasteiger partial charge in [-0.1, -0.05) is 24.3 Å². The van der Waals surface area contributed by atoms with Gasteiger partial charge in [0.1, 0.15) is 5.84 Å². The van der Waals surface area contributed by atoms with Gasteiger partial charge in [0.15, 0.2) is 11.5 Å². The first-order valence-electron chi connectivity index (χ1n) is 8.11. The Hall–Kier alpha value is -3.43. The van der Waals surface area contributed by atoms with Crippen LogP contribution in [0.1, 0.15) is 11.1 Å². The van der Waals surface area contributed by atoms with Crippen molar-refractivity contribution >= 4 is 17.2 Å². The van der Waals surface area contributed by atoms with Crippen molar-refractivity contribution in [2.45, 2.75) is 0 Å². The molecular formula is C18H22N6O3. The van der Waals surface area contributed by atoms with Gasteiger partial charge in [-0.05, 0) is 0 Å². The molecule has 0 spiro atoms. The summed E-state index contributed by atoms with van der Waals surface area (Å²) in [7, 11) is 3.21. The number of methoxy groups -OCH3 is 1. The molecular weight excluding hydrogens is 348 g/mol. The fraction of sp³-hybridized carbons (Fsp3) is 0.167. The maximum absolute atomic E-state index is 6.33. The molecule has 0 fully saturated rings. The van der Waals surface area contributed by atoms with Crippen molar-refractivity contribution in [1.82, 2.24) is 5.43 Å². The molecule has 0 atom stereocenters. The Morgan fingerprint density at radius 2 is 1.93 bits per heavy atom. The Kier molecular flexibility index (Phi) is 5.34. The number of hydrogen-bond acceptors (Lipinski definition) is 8. The summed E-state index contributed by atoms with van der Waals surface area (Å²) in [4.78, 5) is 4.07. The molecule has 0 bridgehead atoms. The summed E-state index contributed by atoms with van der Waals surface area (Å²) in [5, 5.41) is 1.45. The highest BCUT2D eigenvalue weighted by Gasteiger charge is 2.22. The molecule has 2 aromatic rings. The maximum Gasteiger partial charge on any atom is 0.231 e. The van der Waals surface area contributed by atoms with Crippen LogP contribution in [0.4, 0.5) is 5.69 Å². The van der Waals surface area contributed by atoms with Crippen LogP contribution in [-0.2, 0) is 0 Å². The fourth-order valence-electron chi connectivity index (χ4n) is 2.79. The molecule has 0 saturated carbocycles. The lowest BCUT2D eigenvalue weighted by atomic mass is 10.1. The fourth-order valence-corrected chi connectivity index (χ4v) is 2.79. The van der Waals surface area contributed by atoms with Crippen molar-refractivity contribution in [2.75, 3.05) is 26.0 Å². The van der Waals surface area contributed by atoms with Crippen LogP contribution < -0.4 is 42.1 Å². The molecule has 1 heterocycles. The Bertz CT molecular complexity index is 879. The molecule has 142 valence electrons. The molecule has 7 N–H and O–H groups in total. The first-order valence-corrected chi connectivity index (χ1v) is 8.11. The minimum Gasteiger partial charge on any atom is -0.493 e. The zero-order valence-electron chi connectivity index (χ0n) is 15.1. The van der Waals surface area contributed by atoms with E-state index in [1.54, 1.807) is 26.3 Å². The van der Waals surface area contributed by atoms with Gasteiger partial charge in [-0.15, -0.1) is 0 Å². The topological polar surface area (TPSA) is 133 Å². The largest absolute Gasteiger partial charge is 0.493 e. The van der Waals surface area contributed by atoms with Gasteiger partial charge in [0.25, 0.3) is 0 Å². The van der Waals surface area contributed by atoms with E-state index in [4.69, 9.17) is 31.6 Å². The van der Waals surface area contributed by atoms with Crippen LogP contribution >= 0.6 is 0 Å². The zero-order chi connectivity index (χ0) is 19.4. The third-order valence-electron chi connectivity index (χ3n) is 4.15. The second-order valence-corrected chi connectivity index (χ2v) is 5.60. The quantitative estimate of drug-likeness (QED) is 0.264. The molecule has 0 saturated heterocycles. The Morgan fingerprint density at radius 1 is 1.22 bits per heavy atom. The monoisotopic (exact) mass is 370 g/mol. The zero-order valence-corrected chi connectivity index (χ0v) is 15.1. The summed E-state index contributed by atoms with van der Waals surface area (Å²) in [5.41, 5.74) is 11.3. The highest BCUT2D eigenvalue weighted by molar-refractivity contribution is 5.98. The first kappa shape index (κ1) is 18.4. The summed E-state index contributed by atoms with van der Waals surface area (Å²) in [6.07, 6.45) is 1.43. The van der Waals surface area contributed by atoms with E-state index in [-0.39, 0.29) is 6.79 Å². The van der Waals surface area contributed by atoms with E-state index in [0.717, 1.165) is 11.1 Å². The second-order valence-electron chi connectivity index (χ2n) is 5.60. The lowest BCUT2D eigenvalue weighted by molar-refractivity contribution is 0.171. The van der Waals surface area contributed by atoms with Gasteiger partial charge in [-0.2, -0.15) is 0 Å². The number of nitrogens with zero attached hydrogens (tertiary/aromatic N) is 2. The van der Waals surface area contributed by atoms with E-state index >= 15 is 0 Å². The number of benzene rings is 2. The first-order chi connectivity index (χ1) is 13.1. The van der Waals surface area contributed by atoms with Gasteiger partial charge in [0.2, 0.25) is 12.5 Å². The molecule has 0 aromatic heterocycles. The minimum absolute atomic E-state index is 0.136. The van der Waals surface area contributed by atoms with Crippen molar-refractivity contribution in [3.05, 3.63) is 53.7 Å². The average molecular weight is 370 g/mol. The van der Waals surface area contributed by atoms with Gasteiger partial charge >= 0.3 is 0 Å². The standard InChI is InChI=1S/C18H22N6O3/c1-22-18(23-20)12-5-3-11(4-6-12)14(9-19)24(21)13-7-15(25-2)17-16(8-13)26-10-27-17/h3-9H,10,19-21H2,1-2H3,(H,22,23)/b14-9-. The van der Waals surface area contributed by atoms with E-state index in [9.17, 15) is 0 Å². The van der Waals surface area contributed by atoms with Gasteiger partial charge in [-0.3, -0.25) is 10.0 Å². The van der Waals surface area contributed by atoms with Crippen molar-refractivity contribution in [3.63, 3.8) is 0 Å². The van der Waals surface area contributed by atoms with Crippen LogP contribution in [0, 0.1) is 0 Å². The maximum atomic E-state index is 6.33. The van der Waals surface area contributed by atoms with E-state index in [1.165, 1.54) is 11.2 Å².